The molecule has 1 aromatic rings. The highest BCUT2D eigenvalue weighted by molar-refractivity contribution is 5.27. The lowest BCUT2D eigenvalue weighted by atomic mass is 9.67. The average molecular weight is 345 g/mol. The van der Waals surface area contributed by atoms with Gasteiger partial charge in [0, 0.05) is 12.5 Å². The van der Waals surface area contributed by atoms with Crippen molar-refractivity contribution in [2.45, 2.75) is 78.4 Å². The monoisotopic (exact) mass is 344 g/mol. The van der Waals surface area contributed by atoms with Crippen LogP contribution in [-0.4, -0.2) is 13.4 Å². The van der Waals surface area contributed by atoms with Crippen LogP contribution in [0.2, 0.25) is 0 Å². The van der Waals surface area contributed by atoms with E-state index in [1.54, 1.807) is 0 Å². The second-order valence-electron chi connectivity index (χ2n) is 8.93. The molecule has 0 spiro atoms. The fourth-order valence-electron chi connectivity index (χ4n) is 5.17. The van der Waals surface area contributed by atoms with Crippen molar-refractivity contribution in [3.05, 3.63) is 29.8 Å². The molecule has 0 radical (unpaired) electrons. The zero-order chi connectivity index (χ0) is 17.9. The Balaban J connectivity index is 1.66. The minimum absolute atomic E-state index is 0.123. The number of hydrogen-bond donors (Lipinski definition) is 0. The maximum atomic E-state index is 6.38. The second-order valence-corrected chi connectivity index (χ2v) is 8.93. The number of ether oxygens (including phenoxy) is 2. The van der Waals surface area contributed by atoms with E-state index in [1.165, 1.54) is 44.1 Å². The largest absolute Gasteiger partial charge is 0.464 e. The van der Waals surface area contributed by atoms with Crippen LogP contribution in [0, 0.1) is 23.2 Å². The van der Waals surface area contributed by atoms with Crippen LogP contribution in [0.5, 0.6) is 5.75 Å². The standard InChI is InChI=1S/C23H36O2/c1-5-23(15-19-8-9-20(14-19)16-23)22(24-4)25-21-12-10-18(11-13-21)7-6-17(2)3/h10-13,17,19-20,22H,5-9,14-16H2,1-4H3. The van der Waals surface area contributed by atoms with Crippen molar-refractivity contribution < 1.29 is 9.47 Å². The van der Waals surface area contributed by atoms with Crippen LogP contribution in [0.4, 0.5) is 0 Å². The lowest BCUT2D eigenvalue weighted by Gasteiger charge is -2.44. The highest BCUT2D eigenvalue weighted by atomic mass is 16.7. The third-order valence-corrected chi connectivity index (χ3v) is 6.64. The number of benzene rings is 1. The molecule has 0 N–H and O–H groups in total. The fourth-order valence-corrected chi connectivity index (χ4v) is 5.17. The summed E-state index contributed by atoms with van der Waals surface area (Å²) in [6, 6.07) is 8.69. The van der Waals surface area contributed by atoms with Gasteiger partial charge in [-0.1, -0.05) is 45.7 Å². The van der Waals surface area contributed by atoms with Crippen molar-refractivity contribution >= 4 is 0 Å². The SMILES string of the molecule is CCC1(C(OC)Oc2ccc(CCC(C)C)cc2)CC2CCC(C2)C1. The molecule has 2 nitrogen and oxygen atoms in total. The van der Waals surface area contributed by atoms with Gasteiger partial charge in [-0.25, -0.2) is 0 Å². The van der Waals surface area contributed by atoms with E-state index in [0.29, 0.717) is 0 Å². The summed E-state index contributed by atoms with van der Waals surface area (Å²) in [7, 11) is 1.82. The number of rotatable bonds is 8. The predicted molar refractivity (Wildman–Crippen MR) is 104 cm³/mol. The molecule has 2 aliphatic rings. The van der Waals surface area contributed by atoms with Crippen LogP contribution in [-0.2, 0) is 11.2 Å². The van der Waals surface area contributed by atoms with Gasteiger partial charge in [-0.3, -0.25) is 0 Å². The molecular weight excluding hydrogens is 308 g/mol. The maximum Gasteiger partial charge on any atom is 0.205 e. The second kappa shape index (κ2) is 8.12. The summed E-state index contributed by atoms with van der Waals surface area (Å²) >= 11 is 0. The van der Waals surface area contributed by atoms with Gasteiger partial charge in [0.15, 0.2) is 0 Å². The summed E-state index contributed by atoms with van der Waals surface area (Å²) < 4.78 is 12.3. The van der Waals surface area contributed by atoms with Crippen molar-refractivity contribution in [1.82, 2.24) is 0 Å². The minimum atomic E-state index is -0.123. The first-order valence-corrected chi connectivity index (χ1v) is 10.3. The van der Waals surface area contributed by atoms with Gasteiger partial charge in [0.05, 0.1) is 0 Å². The van der Waals surface area contributed by atoms with E-state index in [1.807, 2.05) is 7.11 Å². The van der Waals surface area contributed by atoms with E-state index < -0.39 is 0 Å². The summed E-state index contributed by atoms with van der Waals surface area (Å²) in [5.74, 6) is 3.47. The Morgan fingerprint density at radius 1 is 1.08 bits per heavy atom. The van der Waals surface area contributed by atoms with Gasteiger partial charge in [0.2, 0.25) is 6.29 Å². The van der Waals surface area contributed by atoms with Gasteiger partial charge in [0.1, 0.15) is 5.75 Å². The number of aryl methyl sites for hydroxylation is 1. The molecule has 2 heteroatoms. The first kappa shape index (κ1) is 18.8. The molecule has 140 valence electrons. The first-order valence-electron chi connectivity index (χ1n) is 10.3. The predicted octanol–water partition coefficient (Wildman–Crippen LogP) is 6.23. The van der Waals surface area contributed by atoms with Crippen molar-refractivity contribution in [3.63, 3.8) is 0 Å². The number of methoxy groups -OCH3 is 1. The van der Waals surface area contributed by atoms with Crippen LogP contribution in [0.3, 0.4) is 0 Å². The van der Waals surface area contributed by atoms with Gasteiger partial charge < -0.3 is 9.47 Å². The zero-order valence-electron chi connectivity index (χ0n) is 16.6. The average Bonchev–Trinajstić information content (AvgIpc) is 2.97. The summed E-state index contributed by atoms with van der Waals surface area (Å²) in [6.45, 7) is 6.87. The lowest BCUT2D eigenvalue weighted by Crippen LogP contribution is -2.44. The smallest absolute Gasteiger partial charge is 0.205 e. The van der Waals surface area contributed by atoms with Crippen LogP contribution < -0.4 is 4.74 Å². The highest BCUT2D eigenvalue weighted by Crippen LogP contribution is 2.54. The molecule has 0 aromatic heterocycles. The van der Waals surface area contributed by atoms with Gasteiger partial charge in [-0.15, -0.1) is 0 Å². The molecule has 0 amide bonds. The molecular formula is C23H36O2. The Labute approximate surface area is 154 Å². The van der Waals surface area contributed by atoms with Crippen LogP contribution in [0.15, 0.2) is 24.3 Å². The van der Waals surface area contributed by atoms with Crippen LogP contribution in [0.25, 0.3) is 0 Å². The third kappa shape index (κ3) is 4.39. The fraction of sp³-hybridized carbons (Fsp3) is 0.739. The molecule has 2 aliphatic carbocycles. The first-order chi connectivity index (χ1) is 12.0. The summed E-state index contributed by atoms with van der Waals surface area (Å²) in [5.41, 5.74) is 1.59. The molecule has 0 heterocycles. The Morgan fingerprint density at radius 2 is 1.72 bits per heavy atom. The zero-order valence-corrected chi connectivity index (χ0v) is 16.6. The van der Waals surface area contributed by atoms with Gasteiger partial charge >= 0.3 is 0 Å². The molecule has 3 atom stereocenters. The van der Waals surface area contributed by atoms with Gasteiger partial charge in [0.25, 0.3) is 0 Å². The molecule has 0 saturated heterocycles. The molecule has 2 fully saturated rings. The molecule has 2 bridgehead atoms. The summed E-state index contributed by atoms with van der Waals surface area (Å²) in [4.78, 5) is 0. The normalized spacial score (nSPS) is 29.8. The number of hydrogen-bond acceptors (Lipinski definition) is 2. The van der Waals surface area contributed by atoms with Gasteiger partial charge in [-0.2, -0.15) is 0 Å². The topological polar surface area (TPSA) is 18.5 Å². The number of fused-ring (bicyclic) bond motifs is 2. The van der Waals surface area contributed by atoms with Crippen LogP contribution >= 0.6 is 0 Å². The summed E-state index contributed by atoms with van der Waals surface area (Å²) in [6.07, 6.45) is 10.2. The van der Waals surface area contributed by atoms with E-state index in [4.69, 9.17) is 9.47 Å². The van der Waals surface area contributed by atoms with E-state index in [2.05, 4.69) is 45.0 Å². The molecule has 25 heavy (non-hydrogen) atoms. The highest BCUT2D eigenvalue weighted by Gasteiger charge is 2.48. The molecule has 0 aliphatic heterocycles. The van der Waals surface area contributed by atoms with E-state index in [-0.39, 0.29) is 11.7 Å². The maximum absolute atomic E-state index is 6.38. The molecule has 1 aromatic carbocycles. The van der Waals surface area contributed by atoms with Gasteiger partial charge in [-0.05, 0) is 74.0 Å². The summed E-state index contributed by atoms with van der Waals surface area (Å²) in [5, 5.41) is 0. The Kier molecular flexibility index (Phi) is 6.09. The van der Waals surface area contributed by atoms with Crippen molar-refractivity contribution in [1.29, 1.82) is 0 Å². The Hall–Kier alpha value is -1.02. The van der Waals surface area contributed by atoms with Crippen LogP contribution in [0.1, 0.15) is 71.3 Å². The minimum Gasteiger partial charge on any atom is -0.464 e. The molecule has 3 rings (SSSR count). The van der Waals surface area contributed by atoms with E-state index in [9.17, 15) is 0 Å². The molecule has 2 saturated carbocycles. The third-order valence-electron chi connectivity index (χ3n) is 6.64. The Morgan fingerprint density at radius 3 is 2.24 bits per heavy atom. The lowest BCUT2D eigenvalue weighted by molar-refractivity contribution is -0.162. The van der Waals surface area contributed by atoms with E-state index in [0.717, 1.165) is 36.3 Å². The quantitative estimate of drug-likeness (QED) is 0.520. The van der Waals surface area contributed by atoms with E-state index >= 15 is 0 Å². The van der Waals surface area contributed by atoms with Crippen molar-refractivity contribution in [3.8, 4) is 5.75 Å². The van der Waals surface area contributed by atoms with Crippen molar-refractivity contribution in [2.24, 2.45) is 23.2 Å². The molecule has 3 unspecified atom stereocenters. The Bertz CT molecular complexity index is 522. The van der Waals surface area contributed by atoms with Crippen molar-refractivity contribution in [2.75, 3.05) is 7.11 Å².